The van der Waals surface area contributed by atoms with E-state index in [0.717, 1.165) is 0 Å². The Bertz CT molecular complexity index is 121. The first-order valence-electron chi connectivity index (χ1n) is 3.25. The van der Waals surface area contributed by atoms with E-state index in [4.69, 9.17) is 5.11 Å². The van der Waals surface area contributed by atoms with Gasteiger partial charge in [0.05, 0.1) is 12.0 Å². The van der Waals surface area contributed by atoms with Gasteiger partial charge in [-0.25, -0.2) is 0 Å². The molecule has 0 aliphatic heterocycles. The molecule has 4 heteroatoms. The quantitative estimate of drug-likeness (QED) is 0.563. The number of alkyl halides is 3. The van der Waals surface area contributed by atoms with Gasteiger partial charge < -0.3 is 5.11 Å². The van der Waals surface area contributed by atoms with Crippen molar-refractivity contribution in [1.29, 1.82) is 0 Å². The molecule has 1 fully saturated rings. The Balaban J connectivity index is 2.45. The highest BCUT2D eigenvalue weighted by Crippen LogP contribution is 2.38. The molecule has 0 spiro atoms. The lowest BCUT2D eigenvalue weighted by Gasteiger charge is -2.12. The zero-order chi connectivity index (χ0) is 7.78. The smallest absolute Gasteiger partial charge is 0.391 e. The van der Waals surface area contributed by atoms with E-state index in [1.807, 2.05) is 0 Å². The fourth-order valence-electron chi connectivity index (χ4n) is 1.25. The molecule has 0 aromatic carbocycles. The van der Waals surface area contributed by atoms with E-state index < -0.39 is 18.2 Å². The minimum Gasteiger partial charge on any atom is -0.393 e. The Kier molecular flexibility index (Phi) is 1.90. The van der Waals surface area contributed by atoms with Gasteiger partial charge in [-0.05, 0) is 19.3 Å². The molecular formula is C6H9F3O. The van der Waals surface area contributed by atoms with E-state index in [9.17, 15) is 13.2 Å². The van der Waals surface area contributed by atoms with E-state index in [2.05, 4.69) is 0 Å². The monoisotopic (exact) mass is 154 g/mol. The maximum Gasteiger partial charge on any atom is 0.391 e. The predicted octanol–water partition coefficient (Wildman–Crippen LogP) is 1.71. The highest BCUT2D eigenvalue weighted by atomic mass is 19.4. The molecule has 1 aliphatic carbocycles. The average molecular weight is 154 g/mol. The summed E-state index contributed by atoms with van der Waals surface area (Å²) >= 11 is 0. The summed E-state index contributed by atoms with van der Waals surface area (Å²) in [6, 6.07) is 0. The molecule has 1 nitrogen and oxygen atoms in total. The lowest BCUT2D eigenvalue weighted by molar-refractivity contribution is -0.174. The summed E-state index contributed by atoms with van der Waals surface area (Å²) in [5.74, 6) is -1.26. The first-order valence-corrected chi connectivity index (χ1v) is 3.25. The van der Waals surface area contributed by atoms with Crippen molar-refractivity contribution in [3.8, 4) is 0 Å². The van der Waals surface area contributed by atoms with Crippen LogP contribution < -0.4 is 0 Å². The minimum atomic E-state index is -4.10. The molecule has 0 heterocycles. The van der Waals surface area contributed by atoms with Crippen molar-refractivity contribution in [2.45, 2.75) is 31.5 Å². The summed E-state index contributed by atoms with van der Waals surface area (Å²) in [5.41, 5.74) is 0. The third kappa shape index (κ3) is 1.62. The van der Waals surface area contributed by atoms with E-state index in [-0.39, 0.29) is 12.8 Å². The zero-order valence-corrected chi connectivity index (χ0v) is 5.36. The molecule has 0 aromatic heterocycles. The molecule has 0 aromatic rings. The molecule has 1 N–H and O–H groups in total. The molecule has 0 saturated heterocycles. The van der Waals surface area contributed by atoms with E-state index in [0.29, 0.717) is 6.42 Å². The second kappa shape index (κ2) is 2.42. The highest BCUT2D eigenvalue weighted by Gasteiger charge is 2.43. The summed E-state index contributed by atoms with van der Waals surface area (Å²) in [6.07, 6.45) is -4.55. The first-order chi connectivity index (χ1) is 4.50. The second-order valence-corrected chi connectivity index (χ2v) is 2.71. The number of halogens is 3. The van der Waals surface area contributed by atoms with Gasteiger partial charge in [0.1, 0.15) is 0 Å². The molecule has 0 radical (unpaired) electrons. The Hall–Kier alpha value is -0.250. The Morgan fingerprint density at radius 3 is 2.00 bits per heavy atom. The van der Waals surface area contributed by atoms with Crippen molar-refractivity contribution in [3.63, 3.8) is 0 Å². The Morgan fingerprint density at radius 1 is 1.20 bits per heavy atom. The van der Waals surface area contributed by atoms with Gasteiger partial charge in [0.25, 0.3) is 0 Å². The molecule has 1 aliphatic rings. The van der Waals surface area contributed by atoms with Gasteiger partial charge in [-0.2, -0.15) is 13.2 Å². The third-order valence-electron chi connectivity index (χ3n) is 1.87. The molecule has 1 saturated carbocycles. The lowest BCUT2D eigenvalue weighted by Crippen LogP contribution is -2.20. The molecule has 60 valence electrons. The molecule has 1 rings (SSSR count). The maximum absolute atomic E-state index is 11.8. The lowest BCUT2D eigenvalue weighted by atomic mass is 10.1. The first kappa shape index (κ1) is 7.85. The topological polar surface area (TPSA) is 20.2 Å². The maximum atomic E-state index is 11.8. The summed E-state index contributed by atoms with van der Waals surface area (Å²) in [4.78, 5) is 0. The standard InChI is InChI=1S/C6H9F3O/c7-6(8,9)4-1-2-5(10)3-4/h4-5,10H,1-3H2/t4-,5+/m1/s1. The second-order valence-electron chi connectivity index (χ2n) is 2.71. The Labute approximate surface area is 56.8 Å². The van der Waals surface area contributed by atoms with E-state index in [1.165, 1.54) is 0 Å². The highest BCUT2D eigenvalue weighted by molar-refractivity contribution is 4.79. The molecule has 0 unspecified atom stereocenters. The van der Waals surface area contributed by atoms with Crippen LogP contribution in [0.4, 0.5) is 13.2 Å². The number of hydrogen-bond acceptors (Lipinski definition) is 1. The van der Waals surface area contributed by atoms with Crippen LogP contribution in [0.1, 0.15) is 19.3 Å². The van der Waals surface area contributed by atoms with Crippen molar-refractivity contribution >= 4 is 0 Å². The van der Waals surface area contributed by atoms with Gasteiger partial charge in [0.2, 0.25) is 0 Å². The number of rotatable bonds is 0. The average Bonchev–Trinajstić information content (AvgIpc) is 2.11. The zero-order valence-electron chi connectivity index (χ0n) is 5.36. The van der Waals surface area contributed by atoms with Crippen LogP contribution in [0.2, 0.25) is 0 Å². The van der Waals surface area contributed by atoms with Crippen LogP contribution in [-0.4, -0.2) is 17.4 Å². The van der Waals surface area contributed by atoms with Crippen molar-refractivity contribution in [1.82, 2.24) is 0 Å². The van der Waals surface area contributed by atoms with Crippen LogP contribution in [0.5, 0.6) is 0 Å². The Morgan fingerprint density at radius 2 is 1.80 bits per heavy atom. The van der Waals surface area contributed by atoms with Gasteiger partial charge in [0.15, 0.2) is 0 Å². The molecule has 10 heavy (non-hydrogen) atoms. The number of hydrogen-bond donors (Lipinski definition) is 1. The number of aliphatic hydroxyl groups excluding tert-OH is 1. The van der Waals surface area contributed by atoms with Crippen LogP contribution >= 0.6 is 0 Å². The van der Waals surface area contributed by atoms with Crippen molar-refractivity contribution in [2.24, 2.45) is 5.92 Å². The predicted molar refractivity (Wildman–Crippen MR) is 29.4 cm³/mol. The van der Waals surface area contributed by atoms with Crippen LogP contribution in [0, 0.1) is 5.92 Å². The molecular weight excluding hydrogens is 145 g/mol. The van der Waals surface area contributed by atoms with E-state index in [1.54, 1.807) is 0 Å². The molecule has 2 atom stereocenters. The van der Waals surface area contributed by atoms with Gasteiger partial charge in [0, 0.05) is 0 Å². The number of aliphatic hydroxyl groups is 1. The minimum absolute atomic E-state index is 0.0880. The van der Waals surface area contributed by atoms with Gasteiger partial charge in [-0.1, -0.05) is 0 Å². The molecule has 0 amide bonds. The van der Waals surface area contributed by atoms with Crippen molar-refractivity contribution in [2.75, 3.05) is 0 Å². The van der Waals surface area contributed by atoms with Crippen LogP contribution in [-0.2, 0) is 0 Å². The third-order valence-corrected chi connectivity index (χ3v) is 1.87. The van der Waals surface area contributed by atoms with Crippen molar-refractivity contribution < 1.29 is 18.3 Å². The molecule has 0 bridgehead atoms. The SMILES string of the molecule is O[C@H]1CC[C@@H](C(F)(F)F)C1. The van der Waals surface area contributed by atoms with Crippen LogP contribution in [0.15, 0.2) is 0 Å². The largest absolute Gasteiger partial charge is 0.393 e. The fraction of sp³-hybridized carbons (Fsp3) is 1.00. The van der Waals surface area contributed by atoms with E-state index >= 15 is 0 Å². The van der Waals surface area contributed by atoms with Crippen LogP contribution in [0.25, 0.3) is 0 Å². The fourth-order valence-corrected chi connectivity index (χ4v) is 1.25. The van der Waals surface area contributed by atoms with Gasteiger partial charge in [-0.15, -0.1) is 0 Å². The van der Waals surface area contributed by atoms with Crippen LogP contribution in [0.3, 0.4) is 0 Å². The van der Waals surface area contributed by atoms with Crippen molar-refractivity contribution in [3.05, 3.63) is 0 Å². The summed E-state index contributed by atoms with van der Waals surface area (Å²) in [6.45, 7) is 0. The van der Waals surface area contributed by atoms with Gasteiger partial charge >= 0.3 is 6.18 Å². The normalized spacial score (nSPS) is 34.8. The summed E-state index contributed by atoms with van der Waals surface area (Å²) < 4.78 is 35.5. The summed E-state index contributed by atoms with van der Waals surface area (Å²) in [7, 11) is 0. The van der Waals surface area contributed by atoms with Gasteiger partial charge in [-0.3, -0.25) is 0 Å². The summed E-state index contributed by atoms with van der Waals surface area (Å²) in [5, 5.41) is 8.76.